The minimum atomic E-state index is -2.88. The Morgan fingerprint density at radius 1 is 1.54 bits per heavy atom. The van der Waals surface area contributed by atoms with Crippen LogP contribution in [0.5, 0.6) is 5.75 Å². The van der Waals surface area contributed by atoms with Crippen molar-refractivity contribution in [2.24, 2.45) is 0 Å². The van der Waals surface area contributed by atoms with E-state index in [9.17, 15) is 4.79 Å². The first-order valence-electron chi connectivity index (χ1n) is 4.65. The van der Waals surface area contributed by atoms with Gasteiger partial charge in [-0.1, -0.05) is 23.2 Å². The molecule has 13 heavy (non-hydrogen) atoms. The Morgan fingerprint density at radius 2 is 2.31 bits per heavy atom. The van der Waals surface area contributed by atoms with Gasteiger partial charge < -0.3 is 0 Å². The molecule has 0 saturated carbocycles. The van der Waals surface area contributed by atoms with Crippen molar-refractivity contribution in [3.8, 4) is 5.75 Å². The predicted molar refractivity (Wildman–Crippen MR) is 48.9 cm³/mol. The highest BCUT2D eigenvalue weighted by Crippen LogP contribution is 2.27. The summed E-state index contributed by atoms with van der Waals surface area (Å²) in [7, 11) is 0. The van der Waals surface area contributed by atoms with Crippen LogP contribution in [0.2, 0.25) is 10.0 Å². The van der Waals surface area contributed by atoms with Crippen molar-refractivity contribution in [3.05, 3.63) is 28.2 Å². The molecule has 5 heteroatoms. The quantitative estimate of drug-likeness (QED) is 0.572. The molecule has 0 amide bonds. The van der Waals surface area contributed by atoms with Gasteiger partial charge in [-0.15, -0.1) is 0 Å². The van der Waals surface area contributed by atoms with Gasteiger partial charge in [0, 0.05) is 16.0 Å². The van der Waals surface area contributed by atoms with Crippen LogP contribution in [0.15, 0.2) is 18.2 Å². The zero-order chi connectivity index (χ0) is 12.3. The van der Waals surface area contributed by atoms with Gasteiger partial charge in [-0.3, -0.25) is 9.78 Å². The van der Waals surface area contributed by atoms with E-state index in [4.69, 9.17) is 27.3 Å². The number of hydrogen-bond acceptors (Lipinski definition) is 3. The summed E-state index contributed by atoms with van der Waals surface area (Å²) >= 11 is 11.3. The van der Waals surface area contributed by atoms with E-state index in [-0.39, 0.29) is 10.8 Å². The van der Waals surface area contributed by atoms with Crippen molar-refractivity contribution in [3.63, 3.8) is 0 Å². The third-order valence-electron chi connectivity index (χ3n) is 1.10. The van der Waals surface area contributed by atoms with E-state index < -0.39 is 12.8 Å². The van der Waals surface area contributed by atoms with Crippen molar-refractivity contribution in [2.45, 2.75) is 6.85 Å². The second kappa shape index (κ2) is 4.35. The van der Waals surface area contributed by atoms with Crippen LogP contribution in [-0.4, -0.2) is 5.97 Å². The zero-order valence-electron chi connectivity index (χ0n) is 9.21. The van der Waals surface area contributed by atoms with Gasteiger partial charge in [0.05, 0.1) is 5.02 Å². The monoisotopic (exact) mass is 223 g/mol. The van der Waals surface area contributed by atoms with Crippen molar-refractivity contribution < 1.29 is 18.7 Å². The molecule has 0 aliphatic rings. The lowest BCUT2D eigenvalue weighted by Crippen LogP contribution is -2.02. The predicted octanol–water partition coefficient (Wildman–Crippen LogP) is 2.85. The van der Waals surface area contributed by atoms with Crippen LogP contribution in [0.1, 0.15) is 11.0 Å². The molecule has 0 fully saturated rings. The number of halogens is 2. The molecule has 0 radical (unpaired) electrons. The van der Waals surface area contributed by atoms with Crippen LogP contribution in [0.25, 0.3) is 0 Å². The maximum Gasteiger partial charge on any atom is 0.352 e. The maximum absolute atomic E-state index is 10.8. The van der Waals surface area contributed by atoms with Crippen molar-refractivity contribution in [2.75, 3.05) is 0 Å². The molecular formula is C8H6Cl2O3. The Balaban J connectivity index is 2.65. The standard InChI is InChI=1S/C8H6Cl2O3/c1-5(11)12-13-8-3-2-6(9)4-7(8)10/h2-4H,1H3/i1D3. The first-order valence-corrected chi connectivity index (χ1v) is 3.90. The average molecular weight is 224 g/mol. The Bertz CT molecular complexity index is 406. The van der Waals surface area contributed by atoms with Gasteiger partial charge in [-0.25, -0.2) is 4.79 Å². The van der Waals surface area contributed by atoms with Crippen molar-refractivity contribution in [1.29, 1.82) is 0 Å². The normalized spacial score (nSPS) is 13.8. The summed E-state index contributed by atoms with van der Waals surface area (Å²) in [6.07, 6.45) is 0. The van der Waals surface area contributed by atoms with Gasteiger partial charge >= 0.3 is 5.97 Å². The molecule has 0 atom stereocenters. The van der Waals surface area contributed by atoms with Gasteiger partial charge in [0.2, 0.25) is 0 Å². The number of hydrogen-bond donors (Lipinski definition) is 0. The van der Waals surface area contributed by atoms with Crippen LogP contribution in [-0.2, 0) is 9.68 Å². The molecule has 0 aromatic heterocycles. The van der Waals surface area contributed by atoms with E-state index in [1.807, 2.05) is 0 Å². The molecule has 0 saturated heterocycles. The smallest absolute Gasteiger partial charge is 0.285 e. The molecule has 3 nitrogen and oxygen atoms in total. The first kappa shape index (κ1) is 6.51. The highest BCUT2D eigenvalue weighted by molar-refractivity contribution is 6.35. The zero-order valence-corrected chi connectivity index (χ0v) is 7.72. The topological polar surface area (TPSA) is 35.5 Å². The van der Waals surface area contributed by atoms with Gasteiger partial charge in [-0.05, 0) is 18.2 Å². The fourth-order valence-corrected chi connectivity index (χ4v) is 1.07. The largest absolute Gasteiger partial charge is 0.352 e. The summed E-state index contributed by atoms with van der Waals surface area (Å²) in [4.78, 5) is 19.4. The van der Waals surface area contributed by atoms with Crippen LogP contribution in [0, 0.1) is 0 Å². The van der Waals surface area contributed by atoms with E-state index in [1.165, 1.54) is 18.2 Å². The molecule has 0 heterocycles. The number of rotatable bonds is 2. The van der Waals surface area contributed by atoms with E-state index in [1.54, 1.807) is 0 Å². The molecule has 0 spiro atoms. The Labute approximate surface area is 89.3 Å². The molecule has 0 unspecified atom stereocenters. The van der Waals surface area contributed by atoms with E-state index in [0.717, 1.165) is 0 Å². The Kier molecular flexibility index (Phi) is 2.18. The van der Waals surface area contributed by atoms with E-state index in [0.29, 0.717) is 5.02 Å². The summed E-state index contributed by atoms with van der Waals surface area (Å²) in [5.41, 5.74) is 0. The molecule has 0 aliphatic heterocycles. The second-order valence-electron chi connectivity index (χ2n) is 2.03. The third-order valence-corrected chi connectivity index (χ3v) is 1.63. The Morgan fingerprint density at radius 3 is 2.92 bits per heavy atom. The lowest BCUT2D eigenvalue weighted by molar-refractivity contribution is -0.210. The lowest BCUT2D eigenvalue weighted by Gasteiger charge is -2.03. The summed E-state index contributed by atoms with van der Waals surface area (Å²) in [6, 6.07) is 4.16. The van der Waals surface area contributed by atoms with Crippen molar-refractivity contribution in [1.82, 2.24) is 0 Å². The lowest BCUT2D eigenvalue weighted by atomic mass is 10.3. The molecule has 1 aromatic rings. The number of benzene rings is 1. The highest BCUT2D eigenvalue weighted by atomic mass is 35.5. The molecule has 1 rings (SSSR count). The molecule has 0 N–H and O–H groups in total. The van der Waals surface area contributed by atoms with Crippen molar-refractivity contribution >= 4 is 29.2 Å². The fraction of sp³-hybridized carbons (Fsp3) is 0.125. The SMILES string of the molecule is [2H]C([2H])([2H])C(=O)OOc1ccc(Cl)cc1Cl. The van der Waals surface area contributed by atoms with Crippen LogP contribution >= 0.6 is 23.2 Å². The molecule has 70 valence electrons. The number of carbonyl (C=O) groups excluding carboxylic acids is 1. The second-order valence-corrected chi connectivity index (χ2v) is 2.87. The van der Waals surface area contributed by atoms with Gasteiger partial charge in [-0.2, -0.15) is 0 Å². The molecular weight excluding hydrogens is 215 g/mol. The van der Waals surface area contributed by atoms with Gasteiger partial charge in [0.25, 0.3) is 0 Å². The Hall–Kier alpha value is -0.930. The molecule has 0 bridgehead atoms. The summed E-state index contributed by atoms with van der Waals surface area (Å²) < 4.78 is 20.1. The van der Waals surface area contributed by atoms with Crippen LogP contribution in [0.3, 0.4) is 0 Å². The highest BCUT2D eigenvalue weighted by Gasteiger charge is 2.04. The first-order chi connectivity index (χ1) is 7.30. The minimum Gasteiger partial charge on any atom is -0.285 e. The van der Waals surface area contributed by atoms with Gasteiger partial charge in [0.1, 0.15) is 0 Å². The van der Waals surface area contributed by atoms with Crippen LogP contribution < -0.4 is 4.89 Å². The fourth-order valence-electron chi connectivity index (χ4n) is 0.626. The summed E-state index contributed by atoms with van der Waals surface area (Å²) in [5, 5.41) is 0.477. The molecule has 0 aliphatic carbocycles. The van der Waals surface area contributed by atoms with E-state index in [2.05, 4.69) is 9.78 Å². The van der Waals surface area contributed by atoms with E-state index >= 15 is 0 Å². The third kappa shape index (κ3) is 3.13. The minimum absolute atomic E-state index is 0.00340. The van der Waals surface area contributed by atoms with Crippen LogP contribution in [0.4, 0.5) is 0 Å². The molecule has 1 aromatic carbocycles. The van der Waals surface area contributed by atoms with Gasteiger partial charge in [0.15, 0.2) is 5.75 Å². The average Bonchev–Trinajstić information content (AvgIpc) is 2.14. The summed E-state index contributed by atoms with van der Waals surface area (Å²) in [6.45, 7) is -2.88. The summed E-state index contributed by atoms with van der Waals surface area (Å²) in [5.74, 6) is -1.47. The number of carbonyl (C=O) groups is 1. The maximum atomic E-state index is 10.8.